The first-order valence-corrected chi connectivity index (χ1v) is 4.75. The van der Waals surface area contributed by atoms with Gasteiger partial charge in [-0.3, -0.25) is 0 Å². The van der Waals surface area contributed by atoms with Gasteiger partial charge in [-0.1, -0.05) is 11.6 Å². The SMILES string of the molecule is Cc1nn(C(C)(C)C)c(Cl)c1C(F)(F)F. The number of alkyl halides is 3. The van der Waals surface area contributed by atoms with Gasteiger partial charge < -0.3 is 0 Å². The minimum atomic E-state index is -4.45. The summed E-state index contributed by atoms with van der Waals surface area (Å²) < 4.78 is 38.9. The summed E-state index contributed by atoms with van der Waals surface area (Å²) in [5.41, 5.74) is -1.51. The second-order valence-electron chi connectivity index (χ2n) is 4.33. The molecule has 0 N–H and O–H groups in total. The molecule has 1 heterocycles. The number of aryl methyl sites for hydroxylation is 1. The third-order valence-corrected chi connectivity index (χ3v) is 2.27. The molecule has 0 saturated heterocycles. The average Bonchev–Trinajstić information content (AvgIpc) is 2.22. The van der Waals surface area contributed by atoms with E-state index in [1.165, 1.54) is 11.6 Å². The second kappa shape index (κ2) is 3.40. The maximum absolute atomic E-state index is 12.6. The van der Waals surface area contributed by atoms with Crippen LogP contribution in [0.25, 0.3) is 0 Å². The van der Waals surface area contributed by atoms with Crippen molar-refractivity contribution in [1.82, 2.24) is 9.78 Å². The van der Waals surface area contributed by atoms with Crippen molar-refractivity contribution in [2.24, 2.45) is 0 Å². The van der Waals surface area contributed by atoms with E-state index in [2.05, 4.69) is 5.10 Å². The zero-order valence-electron chi connectivity index (χ0n) is 8.91. The van der Waals surface area contributed by atoms with Gasteiger partial charge in [-0.05, 0) is 27.7 Å². The molecule has 0 aliphatic heterocycles. The molecule has 0 unspecified atom stereocenters. The lowest BCUT2D eigenvalue weighted by molar-refractivity contribution is -0.138. The quantitative estimate of drug-likeness (QED) is 0.677. The van der Waals surface area contributed by atoms with Gasteiger partial charge >= 0.3 is 6.18 Å². The van der Waals surface area contributed by atoms with Crippen molar-refractivity contribution in [2.45, 2.75) is 39.4 Å². The van der Waals surface area contributed by atoms with E-state index in [0.717, 1.165) is 0 Å². The van der Waals surface area contributed by atoms with Crippen LogP contribution >= 0.6 is 11.6 Å². The molecule has 0 aliphatic rings. The van der Waals surface area contributed by atoms with Gasteiger partial charge in [0.1, 0.15) is 10.7 Å². The van der Waals surface area contributed by atoms with E-state index in [-0.39, 0.29) is 10.8 Å². The summed E-state index contributed by atoms with van der Waals surface area (Å²) in [4.78, 5) is 0. The molecule has 1 aromatic heterocycles. The smallest absolute Gasteiger partial charge is 0.248 e. The van der Waals surface area contributed by atoms with Crippen molar-refractivity contribution >= 4 is 11.6 Å². The van der Waals surface area contributed by atoms with Crippen molar-refractivity contribution in [1.29, 1.82) is 0 Å². The van der Waals surface area contributed by atoms with Gasteiger partial charge in [-0.2, -0.15) is 18.3 Å². The molecule has 15 heavy (non-hydrogen) atoms. The zero-order valence-corrected chi connectivity index (χ0v) is 9.66. The Morgan fingerprint density at radius 2 is 1.67 bits per heavy atom. The molecule has 1 rings (SSSR count). The summed E-state index contributed by atoms with van der Waals surface area (Å²) in [6.07, 6.45) is -4.45. The van der Waals surface area contributed by atoms with Gasteiger partial charge in [-0.25, -0.2) is 4.68 Å². The summed E-state index contributed by atoms with van der Waals surface area (Å²) in [6, 6.07) is 0. The van der Waals surface area contributed by atoms with Gasteiger partial charge in [0, 0.05) is 0 Å². The number of hydrogen-bond acceptors (Lipinski definition) is 1. The fourth-order valence-corrected chi connectivity index (χ4v) is 1.80. The van der Waals surface area contributed by atoms with Crippen LogP contribution in [0.5, 0.6) is 0 Å². The second-order valence-corrected chi connectivity index (χ2v) is 4.69. The number of halogens is 4. The van der Waals surface area contributed by atoms with Crippen LogP contribution in [0, 0.1) is 6.92 Å². The van der Waals surface area contributed by atoms with Crippen LogP contribution in [-0.2, 0) is 11.7 Å². The minimum absolute atomic E-state index is 0.0950. The van der Waals surface area contributed by atoms with Crippen molar-refractivity contribution < 1.29 is 13.2 Å². The fourth-order valence-electron chi connectivity index (χ4n) is 1.27. The summed E-state index contributed by atoms with van der Waals surface area (Å²) in [5, 5.41) is 3.46. The van der Waals surface area contributed by atoms with E-state index >= 15 is 0 Å². The predicted molar refractivity (Wildman–Crippen MR) is 52.0 cm³/mol. The Labute approximate surface area is 91.0 Å². The maximum atomic E-state index is 12.6. The first-order chi connectivity index (χ1) is 6.55. The lowest BCUT2D eigenvalue weighted by Gasteiger charge is -2.20. The summed E-state index contributed by atoms with van der Waals surface area (Å²) in [7, 11) is 0. The van der Waals surface area contributed by atoms with Crippen molar-refractivity contribution in [3.63, 3.8) is 0 Å². The Morgan fingerprint density at radius 3 is 1.87 bits per heavy atom. The molecule has 6 heteroatoms. The lowest BCUT2D eigenvalue weighted by atomic mass is 10.1. The maximum Gasteiger partial charge on any atom is 0.421 e. The molecule has 0 fully saturated rings. The topological polar surface area (TPSA) is 17.8 Å². The highest BCUT2D eigenvalue weighted by Crippen LogP contribution is 2.38. The van der Waals surface area contributed by atoms with E-state index in [4.69, 9.17) is 11.6 Å². The van der Waals surface area contributed by atoms with Gasteiger partial charge in [0.15, 0.2) is 0 Å². The molecule has 0 saturated carbocycles. The molecule has 1 aromatic rings. The molecule has 0 aromatic carbocycles. The fraction of sp³-hybridized carbons (Fsp3) is 0.667. The van der Waals surface area contributed by atoms with E-state index in [0.29, 0.717) is 0 Å². The van der Waals surface area contributed by atoms with Crippen LogP contribution in [0.15, 0.2) is 0 Å². The first kappa shape index (κ1) is 12.4. The molecular formula is C9H12ClF3N2. The van der Waals surface area contributed by atoms with Crippen LogP contribution in [0.3, 0.4) is 0 Å². The van der Waals surface area contributed by atoms with E-state index in [1.807, 2.05) is 0 Å². The summed E-state index contributed by atoms with van der Waals surface area (Å²) in [5.74, 6) is 0. The summed E-state index contributed by atoms with van der Waals surface area (Å²) >= 11 is 5.68. The van der Waals surface area contributed by atoms with Gasteiger partial charge in [-0.15, -0.1) is 0 Å². The number of nitrogens with zero attached hydrogens (tertiary/aromatic N) is 2. The van der Waals surface area contributed by atoms with E-state index < -0.39 is 17.3 Å². The van der Waals surface area contributed by atoms with Gasteiger partial charge in [0.05, 0.1) is 11.2 Å². The van der Waals surface area contributed by atoms with Crippen molar-refractivity contribution in [3.8, 4) is 0 Å². The number of aromatic nitrogens is 2. The third kappa shape index (κ3) is 2.27. The molecule has 0 radical (unpaired) electrons. The Morgan fingerprint density at radius 1 is 1.20 bits per heavy atom. The Balaban J connectivity index is 3.41. The number of rotatable bonds is 0. The van der Waals surface area contributed by atoms with Crippen LogP contribution in [0.4, 0.5) is 13.2 Å². The van der Waals surface area contributed by atoms with E-state index in [1.54, 1.807) is 20.8 Å². The Hall–Kier alpha value is -0.710. The lowest BCUT2D eigenvalue weighted by Crippen LogP contribution is -2.23. The molecule has 0 spiro atoms. The highest BCUT2D eigenvalue weighted by molar-refractivity contribution is 6.30. The molecular weight excluding hydrogens is 229 g/mol. The normalized spacial score (nSPS) is 13.3. The molecule has 0 amide bonds. The van der Waals surface area contributed by atoms with Gasteiger partial charge in [0.25, 0.3) is 0 Å². The predicted octanol–water partition coefficient (Wildman–Crippen LogP) is 3.62. The minimum Gasteiger partial charge on any atom is -0.248 e. The Kier molecular flexibility index (Phi) is 2.80. The molecule has 0 bridgehead atoms. The van der Waals surface area contributed by atoms with Crippen LogP contribution in [0.2, 0.25) is 5.15 Å². The van der Waals surface area contributed by atoms with Gasteiger partial charge in [0.2, 0.25) is 0 Å². The molecule has 86 valence electrons. The zero-order chi connectivity index (χ0) is 12.0. The monoisotopic (exact) mass is 240 g/mol. The summed E-state index contributed by atoms with van der Waals surface area (Å²) in [6.45, 7) is 6.53. The highest BCUT2D eigenvalue weighted by Gasteiger charge is 2.39. The average molecular weight is 241 g/mol. The van der Waals surface area contributed by atoms with Crippen LogP contribution in [-0.4, -0.2) is 9.78 Å². The van der Waals surface area contributed by atoms with Crippen molar-refractivity contribution in [2.75, 3.05) is 0 Å². The van der Waals surface area contributed by atoms with E-state index in [9.17, 15) is 13.2 Å². The standard InChI is InChI=1S/C9H12ClF3N2/c1-5-6(9(11,12)13)7(10)15(14-5)8(2,3)4/h1-4H3. The third-order valence-electron chi connectivity index (χ3n) is 1.92. The molecule has 0 aliphatic carbocycles. The molecule has 2 nitrogen and oxygen atoms in total. The molecule has 0 atom stereocenters. The first-order valence-electron chi connectivity index (χ1n) is 4.38. The number of hydrogen-bond donors (Lipinski definition) is 0. The Bertz CT molecular complexity index is 374. The van der Waals surface area contributed by atoms with Crippen LogP contribution in [0.1, 0.15) is 32.0 Å². The highest BCUT2D eigenvalue weighted by atomic mass is 35.5. The van der Waals surface area contributed by atoms with Crippen molar-refractivity contribution in [3.05, 3.63) is 16.4 Å². The largest absolute Gasteiger partial charge is 0.421 e. The van der Waals surface area contributed by atoms with Crippen LogP contribution < -0.4 is 0 Å².